The predicted octanol–water partition coefficient (Wildman–Crippen LogP) is 3.52. The van der Waals surface area contributed by atoms with Gasteiger partial charge < -0.3 is 15.3 Å². The first kappa shape index (κ1) is 20.4. The summed E-state index contributed by atoms with van der Waals surface area (Å²) < 4.78 is 13.5. The topological polar surface area (TPSA) is 47.9 Å². The number of likely N-dealkylation sites (tertiary alicyclic amines) is 1. The molecule has 0 spiro atoms. The third kappa shape index (κ3) is 5.06. The van der Waals surface area contributed by atoms with Gasteiger partial charge in [-0.15, -0.1) is 24.0 Å². The van der Waals surface area contributed by atoms with Crippen molar-refractivity contribution in [1.29, 1.82) is 0 Å². The minimum absolute atomic E-state index is 0. The summed E-state index contributed by atoms with van der Waals surface area (Å²) in [7, 11) is 0. The second kappa shape index (κ2) is 9.71. The second-order valence-corrected chi connectivity index (χ2v) is 6.96. The number of aliphatic hydroxyl groups excluding tert-OH is 1. The Balaban J connectivity index is 0.00000225. The fourth-order valence-corrected chi connectivity index (χ4v) is 4.02. The number of guanidine groups is 1. The van der Waals surface area contributed by atoms with Gasteiger partial charge in [0.1, 0.15) is 5.82 Å². The summed E-state index contributed by atoms with van der Waals surface area (Å²) in [6.07, 6.45) is 5.42. The SMILES string of the molecule is CCNC(=NCc1ccc(F)c(CO)c1)N1CC2CCCCC2C1.I. The van der Waals surface area contributed by atoms with Crippen LogP contribution in [-0.4, -0.2) is 35.6 Å². The number of nitrogens with zero attached hydrogens (tertiary/aromatic N) is 2. The largest absolute Gasteiger partial charge is 0.392 e. The Morgan fingerprint density at radius 3 is 2.56 bits per heavy atom. The Hall–Kier alpha value is -0.890. The number of aliphatic hydroxyl groups is 1. The summed E-state index contributed by atoms with van der Waals surface area (Å²) in [4.78, 5) is 7.15. The maximum atomic E-state index is 13.5. The van der Waals surface area contributed by atoms with E-state index in [2.05, 4.69) is 17.1 Å². The molecule has 1 aliphatic heterocycles. The first-order chi connectivity index (χ1) is 11.7. The zero-order chi connectivity index (χ0) is 16.9. The first-order valence-corrected chi connectivity index (χ1v) is 9.12. The van der Waals surface area contributed by atoms with Crippen LogP contribution in [0, 0.1) is 17.7 Å². The van der Waals surface area contributed by atoms with E-state index in [9.17, 15) is 9.50 Å². The van der Waals surface area contributed by atoms with E-state index >= 15 is 0 Å². The van der Waals surface area contributed by atoms with Crippen molar-refractivity contribution in [2.45, 2.75) is 45.8 Å². The molecule has 4 nitrogen and oxygen atoms in total. The van der Waals surface area contributed by atoms with Crippen LogP contribution in [0.25, 0.3) is 0 Å². The maximum absolute atomic E-state index is 13.5. The first-order valence-electron chi connectivity index (χ1n) is 9.12. The Morgan fingerprint density at radius 1 is 1.28 bits per heavy atom. The molecule has 2 aliphatic rings. The molecule has 2 N–H and O–H groups in total. The summed E-state index contributed by atoms with van der Waals surface area (Å²) in [5.41, 5.74) is 1.26. The van der Waals surface area contributed by atoms with Gasteiger partial charge in [-0.3, -0.25) is 0 Å². The van der Waals surface area contributed by atoms with Crippen LogP contribution in [0.15, 0.2) is 23.2 Å². The standard InChI is InChI=1S/C19H28FN3O.HI/c1-2-21-19(23-11-15-5-3-4-6-16(15)12-23)22-10-14-7-8-18(20)17(9-14)13-24;/h7-9,15-16,24H,2-6,10-13H2,1H3,(H,21,22);1H. The van der Waals surface area contributed by atoms with Crippen LogP contribution in [-0.2, 0) is 13.2 Å². The van der Waals surface area contributed by atoms with Crippen molar-refractivity contribution in [2.75, 3.05) is 19.6 Å². The molecule has 1 heterocycles. The monoisotopic (exact) mass is 461 g/mol. The molecule has 140 valence electrons. The number of nitrogens with one attached hydrogen (secondary N) is 1. The number of rotatable bonds is 4. The summed E-state index contributed by atoms with van der Waals surface area (Å²) >= 11 is 0. The lowest BCUT2D eigenvalue weighted by Crippen LogP contribution is -2.40. The Bertz CT molecular complexity index is 582. The molecule has 0 aromatic heterocycles. The molecule has 2 fully saturated rings. The van der Waals surface area contributed by atoms with Crippen molar-refractivity contribution in [1.82, 2.24) is 10.2 Å². The number of hydrogen-bond donors (Lipinski definition) is 2. The van der Waals surface area contributed by atoms with E-state index in [0.29, 0.717) is 12.1 Å². The van der Waals surface area contributed by atoms with Gasteiger partial charge in [-0.2, -0.15) is 0 Å². The molecular formula is C19H29FIN3O. The molecular weight excluding hydrogens is 432 g/mol. The van der Waals surface area contributed by atoms with E-state index in [1.165, 1.54) is 31.7 Å². The highest BCUT2D eigenvalue weighted by Crippen LogP contribution is 2.36. The van der Waals surface area contributed by atoms with Crippen molar-refractivity contribution in [3.63, 3.8) is 0 Å². The number of hydrogen-bond acceptors (Lipinski definition) is 2. The van der Waals surface area contributed by atoms with Crippen LogP contribution < -0.4 is 5.32 Å². The molecule has 1 aromatic carbocycles. The van der Waals surface area contributed by atoms with Crippen LogP contribution in [0.2, 0.25) is 0 Å². The Morgan fingerprint density at radius 2 is 1.96 bits per heavy atom. The lowest BCUT2D eigenvalue weighted by atomic mass is 9.82. The van der Waals surface area contributed by atoms with E-state index in [1.807, 2.05) is 0 Å². The molecule has 1 aromatic rings. The molecule has 3 rings (SSSR count). The molecule has 2 unspecified atom stereocenters. The molecule has 2 atom stereocenters. The number of fused-ring (bicyclic) bond motifs is 1. The maximum Gasteiger partial charge on any atom is 0.194 e. The second-order valence-electron chi connectivity index (χ2n) is 6.96. The highest BCUT2D eigenvalue weighted by molar-refractivity contribution is 14.0. The third-order valence-electron chi connectivity index (χ3n) is 5.30. The van der Waals surface area contributed by atoms with Gasteiger partial charge in [0.2, 0.25) is 0 Å². The van der Waals surface area contributed by atoms with Crippen LogP contribution in [0.3, 0.4) is 0 Å². The molecule has 6 heteroatoms. The Kier molecular flexibility index (Phi) is 7.93. The lowest BCUT2D eigenvalue weighted by Gasteiger charge is -2.22. The van der Waals surface area contributed by atoms with Crippen molar-refractivity contribution >= 4 is 29.9 Å². The van der Waals surface area contributed by atoms with Crippen molar-refractivity contribution in [2.24, 2.45) is 16.8 Å². The normalized spacial score (nSPS) is 23.2. The number of halogens is 2. The molecule has 25 heavy (non-hydrogen) atoms. The van der Waals surface area contributed by atoms with Gasteiger partial charge in [-0.05, 0) is 49.3 Å². The lowest BCUT2D eigenvalue weighted by molar-refractivity contribution is 0.275. The zero-order valence-electron chi connectivity index (χ0n) is 14.9. The van der Waals surface area contributed by atoms with E-state index in [4.69, 9.17) is 4.99 Å². The minimum atomic E-state index is -0.360. The van der Waals surface area contributed by atoms with Crippen LogP contribution in [0.1, 0.15) is 43.7 Å². The average molecular weight is 461 g/mol. The van der Waals surface area contributed by atoms with Crippen LogP contribution >= 0.6 is 24.0 Å². The van der Waals surface area contributed by atoms with Gasteiger partial charge in [0.15, 0.2) is 5.96 Å². The molecule has 1 saturated heterocycles. The summed E-state index contributed by atoms with van der Waals surface area (Å²) in [6.45, 7) is 5.35. The van der Waals surface area contributed by atoms with Crippen molar-refractivity contribution in [3.05, 3.63) is 35.1 Å². The van der Waals surface area contributed by atoms with Gasteiger partial charge in [-0.25, -0.2) is 9.38 Å². The molecule has 1 saturated carbocycles. The smallest absolute Gasteiger partial charge is 0.194 e. The van der Waals surface area contributed by atoms with E-state index in [1.54, 1.807) is 12.1 Å². The van der Waals surface area contributed by atoms with Crippen molar-refractivity contribution < 1.29 is 9.50 Å². The van der Waals surface area contributed by atoms with Gasteiger partial charge >= 0.3 is 0 Å². The quantitative estimate of drug-likeness (QED) is 0.410. The fourth-order valence-electron chi connectivity index (χ4n) is 4.02. The highest BCUT2D eigenvalue weighted by Gasteiger charge is 2.35. The number of benzene rings is 1. The predicted molar refractivity (Wildman–Crippen MR) is 110 cm³/mol. The molecule has 1 aliphatic carbocycles. The highest BCUT2D eigenvalue weighted by atomic mass is 127. The van der Waals surface area contributed by atoms with Gasteiger partial charge in [0.05, 0.1) is 13.2 Å². The zero-order valence-corrected chi connectivity index (χ0v) is 17.2. The average Bonchev–Trinajstić information content (AvgIpc) is 3.03. The molecule has 0 bridgehead atoms. The third-order valence-corrected chi connectivity index (χ3v) is 5.30. The van der Waals surface area contributed by atoms with E-state index in [-0.39, 0.29) is 36.4 Å². The van der Waals surface area contributed by atoms with Gasteiger partial charge in [-0.1, -0.05) is 18.9 Å². The molecule has 0 amide bonds. The van der Waals surface area contributed by atoms with Crippen LogP contribution in [0.5, 0.6) is 0 Å². The van der Waals surface area contributed by atoms with Crippen LogP contribution in [0.4, 0.5) is 4.39 Å². The van der Waals surface area contributed by atoms with Gasteiger partial charge in [0, 0.05) is 25.2 Å². The number of aliphatic imine (C=N–C) groups is 1. The summed E-state index contributed by atoms with van der Waals surface area (Å²) in [6, 6.07) is 4.85. The summed E-state index contributed by atoms with van der Waals surface area (Å²) in [5.74, 6) is 2.23. The van der Waals surface area contributed by atoms with Gasteiger partial charge in [0.25, 0.3) is 0 Å². The minimum Gasteiger partial charge on any atom is -0.392 e. The van der Waals surface area contributed by atoms with E-state index < -0.39 is 0 Å². The fraction of sp³-hybridized carbons (Fsp3) is 0.632. The summed E-state index contributed by atoms with van der Waals surface area (Å²) in [5, 5.41) is 12.6. The van der Waals surface area contributed by atoms with E-state index in [0.717, 1.165) is 43.0 Å². The van der Waals surface area contributed by atoms with Crippen molar-refractivity contribution in [3.8, 4) is 0 Å². The Labute approximate surface area is 166 Å². The molecule has 0 radical (unpaired) electrons.